The van der Waals surface area contributed by atoms with Crippen molar-refractivity contribution in [2.45, 2.75) is 25.4 Å². The van der Waals surface area contributed by atoms with Crippen molar-refractivity contribution in [1.82, 2.24) is 30.3 Å². The molecule has 0 bridgehead atoms. The Kier molecular flexibility index (Phi) is 4.88. The molecule has 0 atom stereocenters. The van der Waals surface area contributed by atoms with Crippen molar-refractivity contribution in [3.63, 3.8) is 0 Å². The average molecular weight is 436 g/mol. The number of aromatic amines is 1. The molecule has 3 aromatic heterocycles. The van der Waals surface area contributed by atoms with Gasteiger partial charge in [-0.05, 0) is 43.2 Å². The van der Waals surface area contributed by atoms with Crippen LogP contribution in [0.4, 0.5) is 0 Å². The molecule has 0 amide bonds. The van der Waals surface area contributed by atoms with Gasteiger partial charge in [-0.1, -0.05) is 35.5 Å². The Morgan fingerprint density at radius 3 is 2.61 bits per heavy atom. The van der Waals surface area contributed by atoms with E-state index in [0.717, 1.165) is 33.8 Å². The third kappa shape index (κ3) is 4.23. The lowest BCUT2D eigenvalue weighted by molar-refractivity contribution is 0.306. The Bertz CT molecular complexity index is 1370. The largest absolute Gasteiger partial charge is 0.489 e. The van der Waals surface area contributed by atoms with Crippen molar-refractivity contribution in [3.05, 3.63) is 84.4 Å². The van der Waals surface area contributed by atoms with E-state index in [1.54, 1.807) is 12.4 Å². The maximum atomic E-state index is 5.88. The van der Waals surface area contributed by atoms with E-state index in [1.165, 1.54) is 12.8 Å². The van der Waals surface area contributed by atoms with Gasteiger partial charge in [0.2, 0.25) is 5.82 Å². The molecule has 5 aromatic rings. The van der Waals surface area contributed by atoms with Crippen LogP contribution < -0.4 is 4.74 Å². The minimum atomic E-state index is 0.439. The normalized spacial score (nSPS) is 13.2. The molecule has 1 N–H and O–H groups in total. The second kappa shape index (κ2) is 8.31. The van der Waals surface area contributed by atoms with Crippen LogP contribution in [0.2, 0.25) is 0 Å². The first-order valence-electron chi connectivity index (χ1n) is 10.8. The fourth-order valence-electron chi connectivity index (χ4n) is 3.54. The second-order valence-electron chi connectivity index (χ2n) is 8.00. The Labute approximate surface area is 189 Å². The lowest BCUT2D eigenvalue weighted by atomic mass is 10.1. The van der Waals surface area contributed by atoms with Gasteiger partial charge in [-0.3, -0.25) is 10.1 Å². The zero-order chi connectivity index (χ0) is 22.0. The van der Waals surface area contributed by atoms with E-state index >= 15 is 0 Å². The van der Waals surface area contributed by atoms with Crippen LogP contribution in [-0.4, -0.2) is 30.3 Å². The summed E-state index contributed by atoms with van der Waals surface area (Å²) in [5, 5.41) is 11.5. The van der Waals surface area contributed by atoms with Crippen molar-refractivity contribution >= 4 is 0 Å². The van der Waals surface area contributed by atoms with Gasteiger partial charge >= 0.3 is 0 Å². The van der Waals surface area contributed by atoms with E-state index in [-0.39, 0.29) is 0 Å². The van der Waals surface area contributed by atoms with Gasteiger partial charge in [-0.2, -0.15) is 10.1 Å². The van der Waals surface area contributed by atoms with E-state index in [9.17, 15) is 0 Å². The molecule has 162 valence electrons. The predicted molar refractivity (Wildman–Crippen MR) is 121 cm³/mol. The van der Waals surface area contributed by atoms with Crippen LogP contribution in [0.3, 0.4) is 0 Å². The summed E-state index contributed by atoms with van der Waals surface area (Å²) in [6.45, 7) is 0.439. The maximum absolute atomic E-state index is 5.88. The zero-order valence-corrected chi connectivity index (χ0v) is 17.7. The van der Waals surface area contributed by atoms with E-state index in [1.807, 2.05) is 60.7 Å². The van der Waals surface area contributed by atoms with Crippen molar-refractivity contribution in [1.29, 1.82) is 0 Å². The molecule has 0 aliphatic heterocycles. The molecule has 8 nitrogen and oxygen atoms in total. The molecule has 8 heteroatoms. The van der Waals surface area contributed by atoms with E-state index in [2.05, 4.69) is 30.3 Å². The summed E-state index contributed by atoms with van der Waals surface area (Å²) in [6, 6.07) is 19.3. The van der Waals surface area contributed by atoms with E-state index in [4.69, 9.17) is 9.26 Å². The maximum Gasteiger partial charge on any atom is 0.258 e. The highest BCUT2D eigenvalue weighted by atomic mass is 16.5. The number of pyridine rings is 1. The molecule has 33 heavy (non-hydrogen) atoms. The van der Waals surface area contributed by atoms with Crippen LogP contribution >= 0.6 is 0 Å². The number of ether oxygens (including phenoxy) is 1. The first kappa shape index (κ1) is 19.4. The van der Waals surface area contributed by atoms with Gasteiger partial charge in [0.25, 0.3) is 5.89 Å². The number of benzene rings is 2. The molecule has 1 aliphatic carbocycles. The highest BCUT2D eigenvalue weighted by molar-refractivity contribution is 5.64. The van der Waals surface area contributed by atoms with Crippen molar-refractivity contribution in [2.75, 3.05) is 0 Å². The van der Waals surface area contributed by atoms with Crippen LogP contribution in [0.5, 0.6) is 5.75 Å². The van der Waals surface area contributed by atoms with Gasteiger partial charge in [-0.25, -0.2) is 4.98 Å². The number of hydrogen-bond donors (Lipinski definition) is 1. The highest BCUT2D eigenvalue weighted by Gasteiger charge is 2.27. The smallest absolute Gasteiger partial charge is 0.258 e. The van der Waals surface area contributed by atoms with Gasteiger partial charge < -0.3 is 9.26 Å². The fraction of sp³-hybridized carbons (Fsp3) is 0.160. The van der Waals surface area contributed by atoms with Gasteiger partial charge in [0.15, 0.2) is 5.82 Å². The summed E-state index contributed by atoms with van der Waals surface area (Å²) in [5.41, 5.74) is 3.60. The van der Waals surface area contributed by atoms with Crippen LogP contribution in [0.1, 0.15) is 30.1 Å². The topological polar surface area (TPSA) is 103 Å². The Morgan fingerprint density at radius 2 is 1.79 bits per heavy atom. The molecule has 1 aliphatic rings. The second-order valence-corrected chi connectivity index (χ2v) is 8.00. The summed E-state index contributed by atoms with van der Waals surface area (Å²) in [5.74, 6) is 3.90. The van der Waals surface area contributed by atoms with Gasteiger partial charge in [0.05, 0.1) is 0 Å². The molecule has 0 spiro atoms. The molecule has 6 rings (SSSR count). The molecular weight excluding hydrogens is 416 g/mol. The number of hydrogen-bond acceptors (Lipinski definition) is 7. The summed E-state index contributed by atoms with van der Waals surface area (Å²) in [4.78, 5) is 13.3. The minimum absolute atomic E-state index is 0.439. The van der Waals surface area contributed by atoms with Gasteiger partial charge in [0, 0.05) is 40.6 Å². The zero-order valence-electron chi connectivity index (χ0n) is 17.7. The van der Waals surface area contributed by atoms with Crippen LogP contribution in [0.15, 0.2) is 77.6 Å². The third-order valence-corrected chi connectivity index (χ3v) is 5.50. The molecule has 3 heterocycles. The first-order chi connectivity index (χ1) is 16.3. The number of H-pyrrole nitrogens is 1. The number of nitrogens with one attached hydrogen (secondary N) is 1. The standard InChI is InChI=1S/C25H20N6O2/c1-4-20(13-21(5-1)32-15-16-3-2-12-26-14-16)24-28-25(33-31-24)19-10-8-18(9-11-19)23-27-22(29-30-23)17-6-7-17/h1-5,8-14,17H,6-7,15H2,(H,27,29,30). The lowest BCUT2D eigenvalue weighted by Gasteiger charge is -2.06. The fourth-order valence-corrected chi connectivity index (χ4v) is 3.54. The third-order valence-electron chi connectivity index (χ3n) is 5.50. The molecule has 0 unspecified atom stereocenters. The van der Waals surface area contributed by atoms with Gasteiger partial charge in [0.1, 0.15) is 18.2 Å². The highest BCUT2D eigenvalue weighted by Crippen LogP contribution is 2.38. The summed E-state index contributed by atoms with van der Waals surface area (Å²) >= 11 is 0. The quantitative estimate of drug-likeness (QED) is 0.381. The first-order valence-corrected chi connectivity index (χ1v) is 10.8. The van der Waals surface area contributed by atoms with E-state index < -0.39 is 0 Å². The average Bonchev–Trinajstić information content (AvgIpc) is 3.40. The molecular formula is C25H20N6O2. The monoisotopic (exact) mass is 436 g/mol. The van der Waals surface area contributed by atoms with Crippen LogP contribution in [-0.2, 0) is 6.61 Å². The number of aromatic nitrogens is 6. The lowest BCUT2D eigenvalue weighted by Crippen LogP contribution is -1.95. The molecule has 1 fully saturated rings. The minimum Gasteiger partial charge on any atom is -0.489 e. The number of nitrogens with zero attached hydrogens (tertiary/aromatic N) is 5. The van der Waals surface area contributed by atoms with Gasteiger partial charge in [-0.15, -0.1) is 0 Å². The van der Waals surface area contributed by atoms with E-state index in [0.29, 0.717) is 30.1 Å². The summed E-state index contributed by atoms with van der Waals surface area (Å²) in [6.07, 6.45) is 5.90. The van der Waals surface area contributed by atoms with Crippen molar-refractivity contribution in [3.8, 4) is 40.0 Å². The molecule has 2 aromatic carbocycles. The number of rotatable bonds is 7. The van der Waals surface area contributed by atoms with Crippen LogP contribution in [0.25, 0.3) is 34.2 Å². The summed E-state index contributed by atoms with van der Waals surface area (Å²) in [7, 11) is 0. The SMILES string of the molecule is c1cncc(COc2cccc(-c3noc(-c4ccc(-c5n[nH]c(C6CC6)n5)cc4)n3)c2)c1. The Morgan fingerprint density at radius 1 is 0.909 bits per heavy atom. The molecule has 1 saturated carbocycles. The predicted octanol–water partition coefficient (Wildman–Crippen LogP) is 5.04. The van der Waals surface area contributed by atoms with Crippen molar-refractivity contribution in [2.24, 2.45) is 0 Å². The molecule has 0 radical (unpaired) electrons. The Hall–Kier alpha value is -4.33. The summed E-state index contributed by atoms with van der Waals surface area (Å²) < 4.78 is 11.4. The van der Waals surface area contributed by atoms with Crippen molar-refractivity contribution < 1.29 is 9.26 Å². The Balaban J connectivity index is 1.17. The van der Waals surface area contributed by atoms with Crippen LogP contribution in [0, 0.1) is 0 Å². The molecule has 0 saturated heterocycles.